The molecule has 0 aliphatic carbocycles. The molecular weight excluding hydrogens is 372 g/mol. The largest absolute Gasteiger partial charge is 0.480 e. The van der Waals surface area contributed by atoms with E-state index in [2.05, 4.69) is 5.32 Å². The fraction of sp³-hybridized carbons (Fsp3) is 0.500. The van der Waals surface area contributed by atoms with Gasteiger partial charge in [0.2, 0.25) is 5.91 Å². The lowest BCUT2D eigenvalue weighted by molar-refractivity contribution is -0.142. The Bertz CT molecular complexity index is 752. The second-order valence-electron chi connectivity index (χ2n) is 6.96. The standard InChI is InChI=1S/C18H22N2O4S2/c1-18(2)13(14(21)19-12(17(23)24)8-9-25-3)20-15(22)10-6-4-5-7-11(10)16(20)26-18/h4-7,12-13,16H,8-9H2,1-3H3,(H,19,21)(H,23,24). The van der Waals surface area contributed by atoms with Gasteiger partial charge in [-0.3, -0.25) is 9.59 Å². The summed E-state index contributed by atoms with van der Waals surface area (Å²) in [4.78, 5) is 39.0. The van der Waals surface area contributed by atoms with E-state index in [1.165, 1.54) is 11.8 Å². The Kier molecular flexibility index (Phi) is 5.25. The summed E-state index contributed by atoms with van der Waals surface area (Å²) in [6.07, 6.45) is 2.24. The van der Waals surface area contributed by atoms with Crippen LogP contribution in [0.4, 0.5) is 0 Å². The van der Waals surface area contributed by atoms with Crippen molar-refractivity contribution in [2.45, 2.75) is 42.5 Å². The number of aliphatic carboxylic acids is 1. The normalized spacial score (nSPS) is 24.1. The molecule has 1 fully saturated rings. The molecular formula is C18H22N2O4S2. The highest BCUT2D eigenvalue weighted by atomic mass is 32.2. The number of carboxylic acids is 1. The van der Waals surface area contributed by atoms with Crippen molar-refractivity contribution in [2.75, 3.05) is 12.0 Å². The first kappa shape index (κ1) is 19.1. The topological polar surface area (TPSA) is 86.7 Å². The van der Waals surface area contributed by atoms with E-state index >= 15 is 0 Å². The molecule has 0 spiro atoms. The average Bonchev–Trinajstić information content (AvgIpc) is 3.01. The third-order valence-electron chi connectivity index (χ3n) is 4.77. The van der Waals surface area contributed by atoms with Crippen molar-refractivity contribution in [2.24, 2.45) is 0 Å². The molecule has 140 valence electrons. The maximum atomic E-state index is 13.0. The van der Waals surface area contributed by atoms with Gasteiger partial charge >= 0.3 is 5.97 Å². The average molecular weight is 395 g/mol. The van der Waals surface area contributed by atoms with Crippen LogP contribution in [-0.4, -0.2) is 56.6 Å². The first-order valence-corrected chi connectivity index (χ1v) is 10.7. The van der Waals surface area contributed by atoms with E-state index in [4.69, 9.17) is 0 Å². The SMILES string of the molecule is CSCCC(NC(=O)C1N2C(=O)c3ccccc3C2SC1(C)C)C(=O)O. The van der Waals surface area contributed by atoms with Crippen molar-refractivity contribution in [1.82, 2.24) is 10.2 Å². The van der Waals surface area contributed by atoms with Gasteiger partial charge < -0.3 is 15.3 Å². The highest BCUT2D eigenvalue weighted by Crippen LogP contribution is 2.56. The summed E-state index contributed by atoms with van der Waals surface area (Å²) in [5, 5.41) is 11.8. The van der Waals surface area contributed by atoms with Crippen LogP contribution in [-0.2, 0) is 9.59 Å². The molecule has 0 radical (unpaired) electrons. The number of benzene rings is 1. The number of hydrogen-bond donors (Lipinski definition) is 2. The molecule has 26 heavy (non-hydrogen) atoms. The Hall–Kier alpha value is -1.67. The number of hydrogen-bond acceptors (Lipinski definition) is 5. The van der Waals surface area contributed by atoms with Gasteiger partial charge in [0.25, 0.3) is 5.91 Å². The summed E-state index contributed by atoms with van der Waals surface area (Å²) in [6, 6.07) is 5.73. The summed E-state index contributed by atoms with van der Waals surface area (Å²) in [5.74, 6) is -0.987. The monoisotopic (exact) mass is 394 g/mol. The van der Waals surface area contributed by atoms with Gasteiger partial charge in [-0.05, 0) is 43.9 Å². The Morgan fingerprint density at radius 2 is 2.08 bits per heavy atom. The molecule has 0 bridgehead atoms. The Labute approximate surface area is 161 Å². The third-order valence-corrected chi connectivity index (χ3v) is 6.95. The summed E-state index contributed by atoms with van der Waals surface area (Å²) in [6.45, 7) is 3.85. The second-order valence-corrected chi connectivity index (χ2v) is 9.68. The molecule has 6 nitrogen and oxygen atoms in total. The smallest absolute Gasteiger partial charge is 0.326 e. The predicted octanol–water partition coefficient (Wildman–Crippen LogP) is 2.36. The van der Waals surface area contributed by atoms with Crippen molar-refractivity contribution in [3.8, 4) is 0 Å². The predicted molar refractivity (Wildman–Crippen MR) is 103 cm³/mol. The van der Waals surface area contributed by atoms with Crippen LogP contribution in [0.1, 0.15) is 41.6 Å². The van der Waals surface area contributed by atoms with Crippen molar-refractivity contribution < 1.29 is 19.5 Å². The molecule has 8 heteroatoms. The van der Waals surface area contributed by atoms with E-state index < -0.39 is 28.7 Å². The van der Waals surface area contributed by atoms with E-state index in [1.807, 2.05) is 38.3 Å². The van der Waals surface area contributed by atoms with Gasteiger partial charge in [-0.25, -0.2) is 4.79 Å². The zero-order chi connectivity index (χ0) is 19.1. The molecule has 1 aromatic carbocycles. The van der Waals surface area contributed by atoms with Crippen LogP contribution in [0.5, 0.6) is 0 Å². The number of carbonyl (C=O) groups excluding carboxylic acids is 2. The number of amides is 2. The van der Waals surface area contributed by atoms with E-state index in [0.717, 1.165) is 5.56 Å². The number of nitrogens with zero attached hydrogens (tertiary/aromatic N) is 1. The minimum absolute atomic E-state index is 0.167. The molecule has 2 aliphatic rings. The second kappa shape index (κ2) is 7.15. The molecule has 2 heterocycles. The van der Waals surface area contributed by atoms with Crippen LogP contribution in [0.2, 0.25) is 0 Å². The summed E-state index contributed by atoms with van der Waals surface area (Å²) in [7, 11) is 0. The van der Waals surface area contributed by atoms with Gasteiger partial charge in [0.05, 0.1) is 0 Å². The van der Waals surface area contributed by atoms with Gasteiger partial charge in [-0.1, -0.05) is 18.2 Å². The molecule has 0 aromatic heterocycles. The van der Waals surface area contributed by atoms with Crippen molar-refractivity contribution in [3.63, 3.8) is 0 Å². The quantitative estimate of drug-likeness (QED) is 0.770. The lowest BCUT2D eigenvalue weighted by Crippen LogP contribution is -2.55. The van der Waals surface area contributed by atoms with Crippen LogP contribution in [0, 0.1) is 0 Å². The van der Waals surface area contributed by atoms with Crippen LogP contribution < -0.4 is 5.32 Å². The van der Waals surface area contributed by atoms with E-state index in [9.17, 15) is 19.5 Å². The Morgan fingerprint density at radius 1 is 1.38 bits per heavy atom. The van der Waals surface area contributed by atoms with Crippen molar-refractivity contribution in [3.05, 3.63) is 35.4 Å². The fourth-order valence-corrected chi connectivity index (χ4v) is 5.61. The molecule has 3 atom stereocenters. The number of rotatable bonds is 6. The van der Waals surface area contributed by atoms with Gasteiger partial charge in [0.15, 0.2) is 0 Å². The van der Waals surface area contributed by atoms with Crippen LogP contribution >= 0.6 is 23.5 Å². The summed E-state index contributed by atoms with van der Waals surface area (Å²) < 4.78 is -0.513. The first-order valence-electron chi connectivity index (χ1n) is 8.39. The minimum Gasteiger partial charge on any atom is -0.480 e. The van der Waals surface area contributed by atoms with E-state index in [1.54, 1.807) is 22.7 Å². The maximum Gasteiger partial charge on any atom is 0.326 e. The van der Waals surface area contributed by atoms with Crippen LogP contribution in [0.15, 0.2) is 24.3 Å². The van der Waals surface area contributed by atoms with Crippen molar-refractivity contribution >= 4 is 41.3 Å². The maximum absolute atomic E-state index is 13.0. The highest BCUT2D eigenvalue weighted by Gasteiger charge is 2.57. The number of carboxylic acid groups (broad SMARTS) is 1. The highest BCUT2D eigenvalue weighted by molar-refractivity contribution is 8.01. The lowest BCUT2D eigenvalue weighted by atomic mass is 10.00. The molecule has 2 N–H and O–H groups in total. The number of thioether (sulfide) groups is 2. The molecule has 2 aliphatic heterocycles. The van der Waals surface area contributed by atoms with Gasteiger partial charge in [0.1, 0.15) is 17.5 Å². The zero-order valence-electron chi connectivity index (χ0n) is 14.9. The first-order chi connectivity index (χ1) is 12.3. The van der Waals surface area contributed by atoms with Gasteiger partial charge in [-0.15, -0.1) is 11.8 Å². The van der Waals surface area contributed by atoms with Crippen molar-refractivity contribution in [1.29, 1.82) is 0 Å². The molecule has 1 saturated heterocycles. The number of fused-ring (bicyclic) bond motifs is 3. The molecule has 3 rings (SSSR count). The van der Waals surface area contributed by atoms with Gasteiger partial charge in [0, 0.05) is 10.3 Å². The molecule has 2 amide bonds. The molecule has 0 saturated carbocycles. The minimum atomic E-state index is -1.05. The van der Waals surface area contributed by atoms with E-state index in [-0.39, 0.29) is 11.3 Å². The summed E-state index contributed by atoms with van der Waals surface area (Å²) in [5.41, 5.74) is 1.54. The fourth-order valence-electron chi connectivity index (χ4n) is 3.55. The number of carbonyl (C=O) groups is 3. The Balaban J connectivity index is 1.86. The third kappa shape index (κ3) is 3.20. The van der Waals surface area contributed by atoms with Crippen LogP contribution in [0.25, 0.3) is 0 Å². The Morgan fingerprint density at radius 3 is 2.73 bits per heavy atom. The molecule has 1 aromatic rings. The molecule has 3 unspecified atom stereocenters. The summed E-state index contributed by atoms with van der Waals surface area (Å²) >= 11 is 3.10. The van der Waals surface area contributed by atoms with Crippen LogP contribution in [0.3, 0.4) is 0 Å². The number of nitrogens with one attached hydrogen (secondary N) is 1. The lowest BCUT2D eigenvalue weighted by Gasteiger charge is -2.30. The van der Waals surface area contributed by atoms with E-state index in [0.29, 0.717) is 17.7 Å². The van der Waals surface area contributed by atoms with Gasteiger partial charge in [-0.2, -0.15) is 11.8 Å². The zero-order valence-corrected chi connectivity index (χ0v) is 16.5.